The molecule has 1 spiro atoms. The Morgan fingerprint density at radius 2 is 1.89 bits per heavy atom. The smallest absolute Gasteiger partial charge is 0.333 e. The molecule has 1 aromatic rings. The van der Waals surface area contributed by atoms with E-state index in [-0.39, 0.29) is 30.8 Å². The summed E-state index contributed by atoms with van der Waals surface area (Å²) in [4.78, 5) is 27.2. The SMILES string of the molecule is CC=C(C)C(=O)OC1c2cc3c(c4c2[C@@]2(CO4)C(=O)C(OC)=C(OC)C=C2C(O)C(C)C1C)OCO3. The van der Waals surface area contributed by atoms with Gasteiger partial charge in [-0.1, -0.05) is 19.9 Å². The molecule has 0 amide bonds. The van der Waals surface area contributed by atoms with Crippen molar-refractivity contribution in [3.63, 3.8) is 0 Å². The van der Waals surface area contributed by atoms with Crippen LogP contribution in [0, 0.1) is 11.8 Å². The predicted octanol–water partition coefficient (Wildman–Crippen LogP) is 3.26. The average molecular weight is 499 g/mol. The number of benzene rings is 1. The highest BCUT2D eigenvalue weighted by molar-refractivity contribution is 6.08. The summed E-state index contributed by atoms with van der Waals surface area (Å²) in [6, 6.07) is 1.76. The molecule has 4 unspecified atom stereocenters. The molecule has 1 aromatic carbocycles. The van der Waals surface area contributed by atoms with Gasteiger partial charge in [-0.15, -0.1) is 0 Å². The zero-order valence-corrected chi connectivity index (χ0v) is 21.2. The lowest BCUT2D eigenvalue weighted by atomic mass is 9.61. The van der Waals surface area contributed by atoms with Crippen molar-refractivity contribution < 1.29 is 43.1 Å². The fourth-order valence-corrected chi connectivity index (χ4v) is 5.57. The number of hydrogen-bond acceptors (Lipinski definition) is 9. The molecule has 192 valence electrons. The highest BCUT2D eigenvalue weighted by atomic mass is 16.7. The van der Waals surface area contributed by atoms with Gasteiger partial charge in [0.05, 0.1) is 20.3 Å². The zero-order valence-electron chi connectivity index (χ0n) is 21.2. The third-order valence-electron chi connectivity index (χ3n) is 7.95. The van der Waals surface area contributed by atoms with Gasteiger partial charge in [-0.2, -0.15) is 0 Å². The van der Waals surface area contributed by atoms with Crippen molar-refractivity contribution in [2.75, 3.05) is 27.6 Å². The lowest BCUT2D eigenvalue weighted by Crippen LogP contribution is -2.51. The van der Waals surface area contributed by atoms with Crippen LogP contribution in [0.3, 0.4) is 0 Å². The lowest BCUT2D eigenvalue weighted by molar-refractivity contribution is -0.149. The van der Waals surface area contributed by atoms with E-state index in [0.717, 1.165) is 0 Å². The Bertz CT molecular complexity index is 1240. The maximum absolute atomic E-state index is 14.2. The molecule has 2 aliphatic heterocycles. The van der Waals surface area contributed by atoms with Gasteiger partial charge in [-0.3, -0.25) is 4.79 Å². The quantitative estimate of drug-likeness (QED) is 0.494. The summed E-state index contributed by atoms with van der Waals surface area (Å²) in [7, 11) is 2.84. The summed E-state index contributed by atoms with van der Waals surface area (Å²) >= 11 is 0. The van der Waals surface area contributed by atoms with E-state index in [1.807, 2.05) is 13.8 Å². The number of ketones is 1. The van der Waals surface area contributed by atoms with E-state index in [0.29, 0.717) is 39.5 Å². The maximum Gasteiger partial charge on any atom is 0.333 e. The Morgan fingerprint density at radius 3 is 2.56 bits per heavy atom. The number of fused-ring (bicyclic) bond motifs is 2. The van der Waals surface area contributed by atoms with E-state index >= 15 is 0 Å². The van der Waals surface area contributed by atoms with Crippen LogP contribution in [0.15, 0.2) is 40.9 Å². The van der Waals surface area contributed by atoms with Crippen molar-refractivity contribution in [3.05, 3.63) is 52.0 Å². The third-order valence-corrected chi connectivity index (χ3v) is 7.95. The van der Waals surface area contributed by atoms with Crippen LogP contribution in [0.4, 0.5) is 0 Å². The molecule has 9 nitrogen and oxygen atoms in total. The molecule has 0 radical (unpaired) electrons. The number of ether oxygens (including phenoxy) is 6. The number of carbonyl (C=O) groups excluding carboxylic acids is 2. The Kier molecular flexibility index (Phi) is 5.78. The molecule has 0 fully saturated rings. The van der Waals surface area contributed by atoms with Crippen molar-refractivity contribution >= 4 is 11.8 Å². The summed E-state index contributed by atoms with van der Waals surface area (Å²) in [6.07, 6.45) is 1.48. The number of aliphatic hydroxyl groups excluding tert-OH is 1. The summed E-state index contributed by atoms with van der Waals surface area (Å²) in [6.45, 7) is 7.12. The minimum absolute atomic E-state index is 0.00794. The number of hydrogen-bond donors (Lipinski definition) is 1. The molecule has 0 bridgehead atoms. The number of allylic oxidation sites excluding steroid dienone is 3. The van der Waals surface area contributed by atoms with Gasteiger partial charge in [0.15, 0.2) is 17.3 Å². The van der Waals surface area contributed by atoms with Crippen molar-refractivity contribution in [2.45, 2.75) is 45.3 Å². The van der Waals surface area contributed by atoms with Gasteiger partial charge in [-0.05, 0) is 37.5 Å². The molecule has 2 aliphatic carbocycles. The Morgan fingerprint density at radius 1 is 1.14 bits per heavy atom. The summed E-state index contributed by atoms with van der Waals surface area (Å²) < 4.78 is 34.6. The topological polar surface area (TPSA) is 110 Å². The first kappa shape index (κ1) is 24.2. The lowest BCUT2D eigenvalue weighted by Gasteiger charge is -2.43. The molecular weight excluding hydrogens is 468 g/mol. The monoisotopic (exact) mass is 498 g/mol. The van der Waals surface area contributed by atoms with Crippen LogP contribution < -0.4 is 14.2 Å². The van der Waals surface area contributed by atoms with Gasteiger partial charge >= 0.3 is 5.97 Å². The number of Topliss-reactive ketones (excluding diaryl/α,β-unsaturated/α-hetero) is 1. The van der Waals surface area contributed by atoms with Gasteiger partial charge in [0.25, 0.3) is 0 Å². The minimum atomic E-state index is -1.42. The first-order valence-electron chi connectivity index (χ1n) is 11.9. The number of rotatable bonds is 4. The van der Waals surface area contributed by atoms with Crippen LogP contribution in [0.1, 0.15) is 44.9 Å². The average Bonchev–Trinajstić information content (AvgIpc) is 3.51. The van der Waals surface area contributed by atoms with Gasteiger partial charge in [0.2, 0.25) is 24.1 Å². The molecule has 9 heteroatoms. The third kappa shape index (κ3) is 3.11. The second kappa shape index (κ2) is 8.58. The van der Waals surface area contributed by atoms with Crippen LogP contribution in [-0.4, -0.2) is 50.6 Å². The minimum Gasteiger partial charge on any atom is -0.493 e. The Balaban J connectivity index is 1.84. The standard InChI is InChI=1S/C27H30O9/c1-7-12(2)26(30)36-21-14(4)13(3)20(28)16-9-17(31-5)23(32-6)25(29)27(16)10-33-24-19(27)15(21)8-18-22(24)35-11-34-18/h7-9,13-14,20-21,28H,10-11H2,1-6H3/t13?,14?,20?,21?,27-/m0/s1. The van der Waals surface area contributed by atoms with Crippen molar-refractivity contribution in [3.8, 4) is 17.2 Å². The molecular formula is C27H30O9. The molecule has 4 aliphatic rings. The van der Waals surface area contributed by atoms with Crippen LogP contribution in [0.2, 0.25) is 0 Å². The van der Waals surface area contributed by atoms with E-state index in [2.05, 4.69) is 0 Å². The van der Waals surface area contributed by atoms with Gasteiger partial charge < -0.3 is 33.5 Å². The molecule has 0 saturated carbocycles. The van der Waals surface area contributed by atoms with Crippen molar-refractivity contribution in [2.24, 2.45) is 11.8 Å². The number of carbonyl (C=O) groups is 2. The summed E-state index contributed by atoms with van der Waals surface area (Å²) in [5.74, 6) is -0.231. The normalized spacial score (nSPS) is 30.5. The van der Waals surface area contributed by atoms with Crippen molar-refractivity contribution in [1.82, 2.24) is 0 Å². The molecule has 1 N–H and O–H groups in total. The fourth-order valence-electron chi connectivity index (χ4n) is 5.57. The largest absolute Gasteiger partial charge is 0.493 e. The highest BCUT2D eigenvalue weighted by Crippen LogP contribution is 2.61. The molecule has 2 heterocycles. The second-order valence-electron chi connectivity index (χ2n) is 9.59. The molecule has 5 atom stereocenters. The fraction of sp³-hybridized carbons (Fsp3) is 0.481. The van der Waals surface area contributed by atoms with Gasteiger partial charge in [0, 0.05) is 22.6 Å². The predicted molar refractivity (Wildman–Crippen MR) is 126 cm³/mol. The van der Waals surface area contributed by atoms with Crippen LogP contribution in [-0.2, 0) is 29.2 Å². The number of methoxy groups -OCH3 is 2. The van der Waals surface area contributed by atoms with E-state index in [1.165, 1.54) is 14.2 Å². The number of esters is 1. The Hall–Kier alpha value is -3.46. The first-order valence-corrected chi connectivity index (χ1v) is 11.9. The van der Waals surface area contributed by atoms with E-state index < -0.39 is 35.3 Å². The molecule has 36 heavy (non-hydrogen) atoms. The molecule has 0 saturated heterocycles. The highest BCUT2D eigenvalue weighted by Gasteiger charge is 2.61. The van der Waals surface area contributed by atoms with Crippen molar-refractivity contribution in [1.29, 1.82) is 0 Å². The first-order chi connectivity index (χ1) is 17.2. The maximum atomic E-state index is 14.2. The van der Waals surface area contributed by atoms with Crippen LogP contribution in [0.25, 0.3) is 0 Å². The van der Waals surface area contributed by atoms with Gasteiger partial charge in [-0.25, -0.2) is 4.79 Å². The second-order valence-corrected chi connectivity index (χ2v) is 9.59. The molecule has 5 rings (SSSR count). The van der Waals surface area contributed by atoms with E-state index in [1.54, 1.807) is 32.1 Å². The van der Waals surface area contributed by atoms with E-state index in [9.17, 15) is 14.7 Å². The van der Waals surface area contributed by atoms with Gasteiger partial charge in [0.1, 0.15) is 18.1 Å². The van der Waals surface area contributed by atoms with Crippen LogP contribution >= 0.6 is 0 Å². The van der Waals surface area contributed by atoms with Crippen LogP contribution in [0.5, 0.6) is 17.2 Å². The Labute approximate surface area is 209 Å². The molecule has 0 aromatic heterocycles. The zero-order chi connectivity index (χ0) is 25.9. The summed E-state index contributed by atoms with van der Waals surface area (Å²) in [5, 5.41) is 11.7. The summed E-state index contributed by atoms with van der Waals surface area (Å²) in [5.41, 5.74) is 0.530. The van der Waals surface area contributed by atoms with E-state index in [4.69, 9.17) is 28.4 Å². The number of aliphatic hydroxyl groups is 1.